The SMILES string of the molecule is O=C(NCc1cccnc1)[C@H]1C[C@]12CCN(C(=O)Nc1ccc(Cl)cc1)C2. The van der Waals surface area contributed by atoms with Gasteiger partial charge in [0.2, 0.25) is 5.91 Å². The van der Waals surface area contributed by atoms with Gasteiger partial charge >= 0.3 is 6.03 Å². The van der Waals surface area contributed by atoms with Crippen LogP contribution < -0.4 is 10.6 Å². The highest BCUT2D eigenvalue weighted by atomic mass is 35.5. The zero-order valence-corrected chi connectivity index (χ0v) is 15.6. The molecule has 1 aromatic heterocycles. The predicted octanol–water partition coefficient (Wildman–Crippen LogP) is 3.30. The third kappa shape index (κ3) is 3.90. The van der Waals surface area contributed by atoms with Crippen LogP contribution >= 0.6 is 11.6 Å². The van der Waals surface area contributed by atoms with Gasteiger partial charge in [0.25, 0.3) is 0 Å². The van der Waals surface area contributed by atoms with Crippen LogP contribution in [0.3, 0.4) is 0 Å². The molecule has 2 heterocycles. The van der Waals surface area contributed by atoms with Crippen molar-refractivity contribution < 1.29 is 9.59 Å². The highest BCUT2D eigenvalue weighted by molar-refractivity contribution is 6.30. The Labute approximate surface area is 162 Å². The van der Waals surface area contributed by atoms with E-state index >= 15 is 0 Å². The highest BCUT2D eigenvalue weighted by Gasteiger charge is 2.61. The summed E-state index contributed by atoms with van der Waals surface area (Å²) in [6, 6.07) is 10.7. The zero-order valence-electron chi connectivity index (χ0n) is 14.8. The maximum atomic E-state index is 12.5. The van der Waals surface area contributed by atoms with Crippen molar-refractivity contribution in [3.8, 4) is 0 Å². The Balaban J connectivity index is 1.28. The van der Waals surface area contributed by atoms with E-state index in [0.29, 0.717) is 30.3 Å². The quantitative estimate of drug-likeness (QED) is 0.849. The van der Waals surface area contributed by atoms with Crippen molar-refractivity contribution in [3.63, 3.8) is 0 Å². The fraction of sp³-hybridized carbons (Fsp3) is 0.350. The van der Waals surface area contributed by atoms with E-state index in [1.165, 1.54) is 0 Å². The van der Waals surface area contributed by atoms with Gasteiger partial charge in [0.15, 0.2) is 0 Å². The Morgan fingerprint density at radius 1 is 1.26 bits per heavy atom. The number of carbonyl (C=O) groups excluding carboxylic acids is 2. The van der Waals surface area contributed by atoms with Crippen LogP contribution in [0.15, 0.2) is 48.8 Å². The number of anilines is 1. The molecular formula is C20H21ClN4O2. The number of nitrogens with zero attached hydrogens (tertiary/aromatic N) is 2. The lowest BCUT2D eigenvalue weighted by Crippen LogP contribution is -2.34. The average Bonchev–Trinajstić information content (AvgIpc) is 3.22. The Kier molecular flexibility index (Phi) is 4.74. The molecule has 2 atom stereocenters. The van der Waals surface area contributed by atoms with Gasteiger partial charge in [-0.15, -0.1) is 0 Å². The molecular weight excluding hydrogens is 364 g/mol. The van der Waals surface area contributed by atoms with Gasteiger partial charge in [0, 0.05) is 54.1 Å². The van der Waals surface area contributed by atoms with Gasteiger partial charge in [0.05, 0.1) is 0 Å². The van der Waals surface area contributed by atoms with Crippen LogP contribution in [0.5, 0.6) is 0 Å². The summed E-state index contributed by atoms with van der Waals surface area (Å²) in [6.45, 7) is 1.78. The van der Waals surface area contributed by atoms with Crippen LogP contribution in [0.1, 0.15) is 18.4 Å². The van der Waals surface area contributed by atoms with Crippen LogP contribution in [-0.4, -0.2) is 34.9 Å². The van der Waals surface area contributed by atoms with E-state index in [1.807, 2.05) is 12.1 Å². The molecule has 2 aromatic rings. The maximum Gasteiger partial charge on any atom is 0.321 e. The second kappa shape index (κ2) is 7.19. The number of urea groups is 1. The monoisotopic (exact) mass is 384 g/mol. The first-order valence-corrected chi connectivity index (χ1v) is 9.42. The molecule has 3 amide bonds. The Morgan fingerprint density at radius 2 is 2.07 bits per heavy atom. The van der Waals surface area contributed by atoms with Crippen molar-refractivity contribution in [1.82, 2.24) is 15.2 Å². The largest absolute Gasteiger partial charge is 0.352 e. The summed E-state index contributed by atoms with van der Waals surface area (Å²) < 4.78 is 0. The van der Waals surface area contributed by atoms with Gasteiger partial charge in [0.1, 0.15) is 0 Å². The molecule has 2 fully saturated rings. The lowest BCUT2D eigenvalue weighted by Gasteiger charge is -2.17. The number of rotatable bonds is 4. The summed E-state index contributed by atoms with van der Waals surface area (Å²) in [5.74, 6) is 0.0568. The molecule has 1 saturated heterocycles. The molecule has 0 unspecified atom stereocenters. The predicted molar refractivity (Wildman–Crippen MR) is 103 cm³/mol. The summed E-state index contributed by atoms with van der Waals surface area (Å²) in [5.41, 5.74) is 1.64. The minimum absolute atomic E-state index is 0.0116. The van der Waals surface area contributed by atoms with Crippen molar-refractivity contribution in [2.75, 3.05) is 18.4 Å². The third-order valence-corrected chi connectivity index (χ3v) is 5.72. The number of benzene rings is 1. The molecule has 1 aliphatic carbocycles. The normalized spacial score (nSPS) is 23.3. The van der Waals surface area contributed by atoms with Gasteiger partial charge in [-0.25, -0.2) is 4.79 Å². The number of nitrogens with one attached hydrogen (secondary N) is 2. The third-order valence-electron chi connectivity index (χ3n) is 5.46. The molecule has 2 aliphatic rings. The average molecular weight is 385 g/mol. The molecule has 7 heteroatoms. The lowest BCUT2D eigenvalue weighted by molar-refractivity contribution is -0.123. The van der Waals surface area contributed by atoms with Crippen LogP contribution in [0.4, 0.5) is 10.5 Å². The van der Waals surface area contributed by atoms with Gasteiger partial charge in [-0.2, -0.15) is 0 Å². The second-order valence-electron chi connectivity index (χ2n) is 7.31. The topological polar surface area (TPSA) is 74.3 Å². The number of amides is 3. The number of hydrogen-bond donors (Lipinski definition) is 2. The lowest BCUT2D eigenvalue weighted by atomic mass is 10.0. The van der Waals surface area contributed by atoms with Crippen molar-refractivity contribution in [2.24, 2.45) is 11.3 Å². The van der Waals surface area contributed by atoms with Crippen molar-refractivity contribution in [2.45, 2.75) is 19.4 Å². The molecule has 1 aliphatic heterocycles. The number of carbonyl (C=O) groups is 2. The highest BCUT2D eigenvalue weighted by Crippen LogP contribution is 2.58. The molecule has 6 nitrogen and oxygen atoms in total. The van der Waals surface area contributed by atoms with Crippen molar-refractivity contribution >= 4 is 29.2 Å². The van der Waals surface area contributed by atoms with E-state index in [9.17, 15) is 9.59 Å². The summed E-state index contributed by atoms with van der Waals surface area (Å²) >= 11 is 5.87. The minimum Gasteiger partial charge on any atom is -0.352 e. The summed E-state index contributed by atoms with van der Waals surface area (Å²) in [6.07, 6.45) is 5.17. The van der Waals surface area contributed by atoms with Crippen LogP contribution in [-0.2, 0) is 11.3 Å². The van der Waals surface area contributed by atoms with E-state index in [4.69, 9.17) is 11.6 Å². The van der Waals surface area contributed by atoms with E-state index in [2.05, 4.69) is 15.6 Å². The first kappa shape index (κ1) is 17.8. The number of aromatic nitrogens is 1. The molecule has 0 bridgehead atoms. The molecule has 27 heavy (non-hydrogen) atoms. The van der Waals surface area contributed by atoms with Crippen LogP contribution in [0.2, 0.25) is 5.02 Å². The van der Waals surface area contributed by atoms with Gasteiger partial charge in [-0.3, -0.25) is 9.78 Å². The van der Waals surface area contributed by atoms with E-state index in [-0.39, 0.29) is 23.3 Å². The molecule has 2 N–H and O–H groups in total. The molecule has 140 valence electrons. The standard InChI is InChI=1S/C20H21ClN4O2/c21-15-3-5-16(6-4-15)24-19(27)25-9-7-20(13-25)10-17(20)18(26)23-12-14-2-1-8-22-11-14/h1-6,8,11,17H,7,9-10,12-13H2,(H,23,26)(H,24,27)/t17-,20+/m1/s1. The molecule has 0 radical (unpaired) electrons. The molecule has 1 spiro atoms. The minimum atomic E-state index is -0.129. The van der Waals surface area contributed by atoms with Crippen LogP contribution in [0, 0.1) is 11.3 Å². The second-order valence-corrected chi connectivity index (χ2v) is 7.74. The van der Waals surface area contributed by atoms with Crippen molar-refractivity contribution in [1.29, 1.82) is 0 Å². The van der Waals surface area contributed by atoms with Crippen molar-refractivity contribution in [3.05, 3.63) is 59.4 Å². The zero-order chi connectivity index (χ0) is 18.9. The van der Waals surface area contributed by atoms with Crippen LogP contribution in [0.25, 0.3) is 0 Å². The molecule has 1 saturated carbocycles. The smallest absolute Gasteiger partial charge is 0.321 e. The maximum absolute atomic E-state index is 12.5. The van der Waals surface area contributed by atoms with Gasteiger partial charge in [-0.05, 0) is 48.7 Å². The molecule has 1 aromatic carbocycles. The number of pyridine rings is 1. The summed E-state index contributed by atoms with van der Waals surface area (Å²) in [4.78, 5) is 30.8. The Bertz CT molecular complexity index is 843. The fourth-order valence-corrected chi connectivity index (χ4v) is 3.92. The fourth-order valence-electron chi connectivity index (χ4n) is 3.79. The van der Waals surface area contributed by atoms with E-state index in [0.717, 1.165) is 18.4 Å². The number of halogens is 1. The summed E-state index contributed by atoms with van der Waals surface area (Å²) in [5, 5.41) is 6.51. The molecule has 4 rings (SSSR count). The van der Waals surface area contributed by atoms with E-state index < -0.39 is 0 Å². The summed E-state index contributed by atoms with van der Waals surface area (Å²) in [7, 11) is 0. The Hall–Kier alpha value is -2.60. The van der Waals surface area contributed by atoms with Gasteiger partial charge in [-0.1, -0.05) is 17.7 Å². The Morgan fingerprint density at radius 3 is 2.81 bits per heavy atom. The first-order chi connectivity index (χ1) is 13.1. The number of likely N-dealkylation sites (tertiary alicyclic amines) is 1. The van der Waals surface area contributed by atoms with E-state index in [1.54, 1.807) is 41.6 Å². The van der Waals surface area contributed by atoms with Gasteiger partial charge < -0.3 is 15.5 Å². The number of hydrogen-bond acceptors (Lipinski definition) is 3. The first-order valence-electron chi connectivity index (χ1n) is 9.04.